The molecule has 0 aromatic heterocycles. The predicted octanol–water partition coefficient (Wildman–Crippen LogP) is 8.92. The summed E-state index contributed by atoms with van der Waals surface area (Å²) in [6.07, 6.45) is 3.33. The van der Waals surface area contributed by atoms with Crippen molar-refractivity contribution in [2.75, 3.05) is 23.8 Å². The van der Waals surface area contributed by atoms with Gasteiger partial charge in [-0.25, -0.2) is 4.79 Å². The smallest absolute Gasteiger partial charge is 0.338 e. The molecule has 5 aromatic rings. The van der Waals surface area contributed by atoms with Gasteiger partial charge in [-0.1, -0.05) is 74.0 Å². The maximum absolute atomic E-state index is 13.7. The van der Waals surface area contributed by atoms with Crippen LogP contribution in [0.15, 0.2) is 144 Å². The van der Waals surface area contributed by atoms with Crippen molar-refractivity contribution >= 4 is 52.9 Å². The van der Waals surface area contributed by atoms with Crippen molar-refractivity contribution in [3.05, 3.63) is 161 Å². The number of nitrogens with one attached hydrogen (secondary N) is 3. The summed E-state index contributed by atoms with van der Waals surface area (Å²) in [5.74, 6) is -0.869. The van der Waals surface area contributed by atoms with Gasteiger partial charge in [0.25, 0.3) is 11.8 Å². The molecule has 0 bridgehead atoms. The molecule has 53 heavy (non-hydrogen) atoms. The number of esters is 1. The number of rotatable bonds is 16. The number of amides is 3. The lowest BCUT2D eigenvalue weighted by Gasteiger charge is -2.18. The second kappa shape index (κ2) is 19.5. The Bertz CT molecular complexity index is 2000. The van der Waals surface area contributed by atoms with E-state index in [1.165, 1.54) is 11.8 Å². The minimum atomic E-state index is -0.604. The van der Waals surface area contributed by atoms with E-state index in [4.69, 9.17) is 9.47 Å². The van der Waals surface area contributed by atoms with Gasteiger partial charge in [0, 0.05) is 21.8 Å². The maximum Gasteiger partial charge on any atom is 0.338 e. The third kappa shape index (κ3) is 11.4. The Hall–Kier alpha value is -6.13. The summed E-state index contributed by atoms with van der Waals surface area (Å²) in [7, 11) is 0. The van der Waals surface area contributed by atoms with Crippen LogP contribution in [0.25, 0.3) is 6.08 Å². The first-order valence-electron chi connectivity index (χ1n) is 17.3. The van der Waals surface area contributed by atoms with Crippen LogP contribution in [0.3, 0.4) is 0 Å². The van der Waals surface area contributed by atoms with Crippen molar-refractivity contribution in [3.8, 4) is 5.75 Å². The van der Waals surface area contributed by atoms with Gasteiger partial charge in [0.1, 0.15) is 16.7 Å². The SMILES string of the molecule is CCCCOC(=O)c1ccc(NC(=O)C(Sc2ccc(NC(=O)/C(=C/c3ccc(OCC)cc3)NC(=O)c3ccccc3)cc2)c2ccccc2)cc1. The molecule has 0 aliphatic rings. The van der Waals surface area contributed by atoms with Gasteiger partial charge in [-0.15, -0.1) is 11.8 Å². The van der Waals surface area contributed by atoms with Gasteiger partial charge in [-0.2, -0.15) is 0 Å². The first kappa shape index (κ1) is 38.1. The molecule has 5 aromatic carbocycles. The molecular weight excluding hydrogens is 687 g/mol. The van der Waals surface area contributed by atoms with Crippen LogP contribution in [0.4, 0.5) is 11.4 Å². The van der Waals surface area contributed by atoms with E-state index in [1.807, 2.05) is 62.4 Å². The van der Waals surface area contributed by atoms with Crippen LogP contribution >= 0.6 is 11.8 Å². The predicted molar refractivity (Wildman–Crippen MR) is 210 cm³/mol. The molecule has 1 unspecified atom stereocenters. The fraction of sp³-hybridized carbons (Fsp3) is 0.163. The molecule has 3 amide bonds. The average molecular weight is 728 g/mol. The van der Waals surface area contributed by atoms with E-state index in [0.29, 0.717) is 47.0 Å². The summed E-state index contributed by atoms with van der Waals surface area (Å²) in [4.78, 5) is 53.4. The van der Waals surface area contributed by atoms with Crippen LogP contribution in [0.5, 0.6) is 5.75 Å². The number of benzene rings is 5. The minimum absolute atomic E-state index is 0.0590. The molecular formula is C43H41N3O6S. The molecule has 0 aliphatic carbocycles. The third-order valence-electron chi connectivity index (χ3n) is 7.86. The van der Waals surface area contributed by atoms with Gasteiger partial charge >= 0.3 is 5.97 Å². The fourth-order valence-electron chi connectivity index (χ4n) is 5.08. The van der Waals surface area contributed by atoms with Gasteiger partial charge in [-0.3, -0.25) is 14.4 Å². The van der Waals surface area contributed by atoms with Gasteiger partial charge in [0.05, 0.1) is 18.8 Å². The normalized spacial score (nSPS) is 11.5. The van der Waals surface area contributed by atoms with E-state index in [1.54, 1.807) is 91.0 Å². The van der Waals surface area contributed by atoms with Crippen LogP contribution in [-0.4, -0.2) is 36.9 Å². The second-order valence-electron chi connectivity index (χ2n) is 11.8. The lowest BCUT2D eigenvalue weighted by atomic mass is 10.1. The molecule has 0 fully saturated rings. The number of carbonyl (C=O) groups is 4. The largest absolute Gasteiger partial charge is 0.494 e. The summed E-state index contributed by atoms with van der Waals surface area (Å²) in [6.45, 7) is 4.82. The molecule has 9 nitrogen and oxygen atoms in total. The quantitative estimate of drug-likeness (QED) is 0.0402. The van der Waals surface area contributed by atoms with Crippen LogP contribution < -0.4 is 20.7 Å². The first-order valence-corrected chi connectivity index (χ1v) is 18.2. The van der Waals surface area contributed by atoms with E-state index in [-0.39, 0.29) is 11.6 Å². The van der Waals surface area contributed by atoms with Crippen molar-refractivity contribution in [1.29, 1.82) is 0 Å². The Morgan fingerprint density at radius 2 is 1.32 bits per heavy atom. The summed E-state index contributed by atoms with van der Waals surface area (Å²) in [6, 6.07) is 39.0. The zero-order valence-corrected chi connectivity index (χ0v) is 30.4. The highest BCUT2D eigenvalue weighted by atomic mass is 32.2. The number of hydrogen-bond donors (Lipinski definition) is 3. The molecule has 0 radical (unpaired) electrons. The lowest BCUT2D eigenvalue weighted by molar-refractivity contribution is -0.116. The Kier molecular flexibility index (Phi) is 14.0. The number of anilines is 2. The lowest BCUT2D eigenvalue weighted by Crippen LogP contribution is -2.30. The molecule has 10 heteroatoms. The molecule has 0 saturated heterocycles. The third-order valence-corrected chi connectivity index (χ3v) is 9.12. The minimum Gasteiger partial charge on any atom is -0.494 e. The first-order chi connectivity index (χ1) is 25.8. The molecule has 0 aliphatic heterocycles. The van der Waals surface area contributed by atoms with E-state index < -0.39 is 23.0 Å². The highest BCUT2D eigenvalue weighted by molar-refractivity contribution is 8.00. The highest BCUT2D eigenvalue weighted by Gasteiger charge is 2.23. The number of hydrogen-bond acceptors (Lipinski definition) is 7. The van der Waals surface area contributed by atoms with Gasteiger partial charge in [-0.05, 0) is 103 Å². The molecule has 0 heterocycles. The number of carbonyl (C=O) groups excluding carboxylic acids is 4. The van der Waals surface area contributed by atoms with Gasteiger partial charge in [0.15, 0.2) is 0 Å². The maximum atomic E-state index is 13.7. The summed E-state index contributed by atoms with van der Waals surface area (Å²) in [5, 5.41) is 8.00. The molecule has 1 atom stereocenters. The second-order valence-corrected chi connectivity index (χ2v) is 13.0. The van der Waals surface area contributed by atoms with Crippen molar-refractivity contribution in [2.45, 2.75) is 36.8 Å². The molecule has 270 valence electrons. The number of unbranched alkanes of at least 4 members (excludes halogenated alkanes) is 1. The molecule has 5 rings (SSSR count). The van der Waals surface area contributed by atoms with Crippen molar-refractivity contribution in [3.63, 3.8) is 0 Å². The Morgan fingerprint density at radius 1 is 0.698 bits per heavy atom. The zero-order chi connectivity index (χ0) is 37.4. The summed E-state index contributed by atoms with van der Waals surface area (Å²) >= 11 is 1.36. The van der Waals surface area contributed by atoms with Crippen LogP contribution in [-0.2, 0) is 14.3 Å². The Morgan fingerprint density at radius 3 is 1.96 bits per heavy atom. The number of thioether (sulfide) groups is 1. The monoisotopic (exact) mass is 727 g/mol. The molecule has 3 N–H and O–H groups in total. The van der Waals surface area contributed by atoms with Gasteiger partial charge < -0.3 is 25.4 Å². The fourth-order valence-corrected chi connectivity index (χ4v) is 6.10. The van der Waals surface area contributed by atoms with Gasteiger partial charge in [0.2, 0.25) is 5.91 Å². The van der Waals surface area contributed by atoms with E-state index in [0.717, 1.165) is 23.3 Å². The Balaban J connectivity index is 1.28. The Labute approximate surface area is 313 Å². The van der Waals surface area contributed by atoms with E-state index in [2.05, 4.69) is 16.0 Å². The highest BCUT2D eigenvalue weighted by Crippen LogP contribution is 2.37. The van der Waals surface area contributed by atoms with Crippen LogP contribution in [0, 0.1) is 0 Å². The van der Waals surface area contributed by atoms with E-state index in [9.17, 15) is 19.2 Å². The summed E-state index contributed by atoms with van der Waals surface area (Å²) in [5.41, 5.74) is 3.44. The standard InChI is InChI=1S/C43H41N3O6S/c1-3-5-28-52-43(50)33-18-20-34(21-19-33)45-42(49)39(31-12-8-6-9-13-31)53-37-26-22-35(23-27-37)44-41(48)38(46-40(47)32-14-10-7-11-15-32)29-30-16-24-36(25-17-30)51-4-2/h6-27,29,39H,3-5,28H2,1-2H3,(H,44,48)(H,45,49)(H,46,47)/b38-29-. The average Bonchev–Trinajstić information content (AvgIpc) is 3.19. The topological polar surface area (TPSA) is 123 Å². The molecule has 0 spiro atoms. The number of ether oxygens (including phenoxy) is 2. The van der Waals surface area contributed by atoms with Crippen LogP contribution in [0.2, 0.25) is 0 Å². The van der Waals surface area contributed by atoms with Crippen molar-refractivity contribution in [2.24, 2.45) is 0 Å². The van der Waals surface area contributed by atoms with E-state index >= 15 is 0 Å². The van der Waals surface area contributed by atoms with Crippen molar-refractivity contribution < 1.29 is 28.7 Å². The van der Waals surface area contributed by atoms with Crippen LogP contribution in [0.1, 0.15) is 63.8 Å². The van der Waals surface area contributed by atoms with Crippen molar-refractivity contribution in [1.82, 2.24) is 5.32 Å². The zero-order valence-electron chi connectivity index (χ0n) is 29.5. The molecule has 0 saturated carbocycles. The summed E-state index contributed by atoms with van der Waals surface area (Å²) < 4.78 is 10.8.